The number of hydrogen-bond acceptors (Lipinski definition) is 3. The smallest absolute Gasteiger partial charge is 0.407 e. The molecule has 23 heavy (non-hydrogen) atoms. The van der Waals surface area contributed by atoms with Crippen LogP contribution in [-0.4, -0.2) is 36.3 Å². The summed E-state index contributed by atoms with van der Waals surface area (Å²) in [6.07, 6.45) is -1.01. The molecular weight excluding hydrogens is 341 g/mol. The second-order valence-electron chi connectivity index (χ2n) is 4.70. The van der Waals surface area contributed by atoms with Crippen LogP contribution in [0, 0.1) is 0 Å². The Balaban J connectivity index is 1.96. The summed E-state index contributed by atoms with van der Waals surface area (Å²) in [5.74, 6) is 1.61. The summed E-state index contributed by atoms with van der Waals surface area (Å²) in [6, 6.07) is 12.0. The average molecular weight is 356 g/mol. The number of hydrogen-bond donors (Lipinski definition) is 1. The zero-order valence-electron chi connectivity index (χ0n) is 12.3. The van der Waals surface area contributed by atoms with E-state index in [9.17, 15) is 4.79 Å². The molecule has 0 saturated heterocycles. The first-order valence-corrected chi connectivity index (χ1v) is 7.51. The quantitative estimate of drug-likeness (QED) is 0.810. The maximum Gasteiger partial charge on any atom is 0.407 e. The Bertz CT molecular complexity index is 694. The molecule has 122 valence electrons. The van der Waals surface area contributed by atoms with E-state index in [1.807, 2.05) is 0 Å². The number of carboxylic acid groups (broad SMARTS) is 1. The highest BCUT2D eigenvalue weighted by Crippen LogP contribution is 2.31. The number of benzene rings is 2. The van der Waals surface area contributed by atoms with Crippen molar-refractivity contribution in [2.45, 2.75) is 0 Å². The van der Waals surface area contributed by atoms with Crippen molar-refractivity contribution in [3.63, 3.8) is 0 Å². The molecule has 0 unspecified atom stereocenters. The molecule has 2 rings (SSSR count). The molecule has 0 aliphatic rings. The van der Waals surface area contributed by atoms with Gasteiger partial charge in [0.1, 0.15) is 23.9 Å². The van der Waals surface area contributed by atoms with Gasteiger partial charge in [-0.1, -0.05) is 29.3 Å². The summed E-state index contributed by atoms with van der Waals surface area (Å²) >= 11 is 12.0. The fraction of sp³-hybridized carbons (Fsp3) is 0.188. The van der Waals surface area contributed by atoms with Gasteiger partial charge in [0, 0.05) is 18.1 Å². The van der Waals surface area contributed by atoms with Crippen LogP contribution in [-0.2, 0) is 0 Å². The maximum atomic E-state index is 10.7. The van der Waals surface area contributed by atoms with Gasteiger partial charge in [0.2, 0.25) is 0 Å². The van der Waals surface area contributed by atoms with Gasteiger partial charge in [-0.2, -0.15) is 0 Å². The number of ether oxygens (including phenoxy) is 2. The van der Waals surface area contributed by atoms with E-state index in [1.54, 1.807) is 42.5 Å². The van der Waals surface area contributed by atoms with Crippen LogP contribution in [0.3, 0.4) is 0 Å². The summed E-state index contributed by atoms with van der Waals surface area (Å²) in [5.41, 5.74) is 0. The Morgan fingerprint density at radius 3 is 2.57 bits per heavy atom. The lowest BCUT2D eigenvalue weighted by Gasteiger charge is -2.14. The van der Waals surface area contributed by atoms with Gasteiger partial charge >= 0.3 is 6.09 Å². The molecule has 0 fully saturated rings. The van der Waals surface area contributed by atoms with Gasteiger partial charge in [-0.25, -0.2) is 4.79 Å². The number of halogens is 2. The molecule has 2 aromatic rings. The third-order valence-corrected chi connectivity index (χ3v) is 3.48. The van der Waals surface area contributed by atoms with Gasteiger partial charge in [-0.05, 0) is 30.3 Å². The van der Waals surface area contributed by atoms with E-state index in [1.165, 1.54) is 7.05 Å². The molecule has 0 saturated carbocycles. The fourth-order valence-corrected chi connectivity index (χ4v) is 2.12. The number of likely N-dealkylation sites (N-methyl/N-ethyl adjacent to an activating group) is 1. The zero-order valence-corrected chi connectivity index (χ0v) is 13.8. The molecule has 5 nitrogen and oxygen atoms in total. The van der Waals surface area contributed by atoms with Gasteiger partial charge in [0.15, 0.2) is 0 Å². The molecule has 0 atom stereocenters. The summed E-state index contributed by atoms with van der Waals surface area (Å²) in [7, 11) is 1.47. The second-order valence-corrected chi connectivity index (χ2v) is 5.55. The third-order valence-electron chi connectivity index (χ3n) is 2.95. The molecule has 1 amide bonds. The number of carbonyl (C=O) groups is 1. The van der Waals surface area contributed by atoms with Crippen molar-refractivity contribution >= 4 is 29.3 Å². The Morgan fingerprint density at radius 2 is 1.91 bits per heavy atom. The van der Waals surface area contributed by atoms with Crippen LogP contribution in [0.2, 0.25) is 10.0 Å². The SMILES string of the molecule is CN(CCOc1ccc(Oc2cccc(Cl)c2)cc1Cl)C(=O)O. The molecule has 0 aromatic heterocycles. The van der Waals surface area contributed by atoms with E-state index < -0.39 is 6.09 Å². The van der Waals surface area contributed by atoms with Crippen LogP contribution in [0.15, 0.2) is 42.5 Å². The van der Waals surface area contributed by atoms with Crippen LogP contribution in [0.25, 0.3) is 0 Å². The van der Waals surface area contributed by atoms with E-state index in [0.29, 0.717) is 27.3 Å². The fourth-order valence-electron chi connectivity index (χ4n) is 1.72. The lowest BCUT2D eigenvalue weighted by atomic mass is 10.3. The Kier molecular flexibility index (Phi) is 5.96. The van der Waals surface area contributed by atoms with Crippen molar-refractivity contribution in [2.75, 3.05) is 20.2 Å². The van der Waals surface area contributed by atoms with Gasteiger partial charge in [0.25, 0.3) is 0 Å². The highest BCUT2D eigenvalue weighted by Gasteiger charge is 2.08. The van der Waals surface area contributed by atoms with E-state index in [4.69, 9.17) is 37.8 Å². The van der Waals surface area contributed by atoms with E-state index in [-0.39, 0.29) is 13.2 Å². The standard InChI is InChI=1S/C16H15Cl2NO4/c1-19(16(20)21)7-8-22-15-6-5-13(10-14(15)18)23-12-4-2-3-11(17)9-12/h2-6,9-10H,7-8H2,1H3,(H,20,21). The van der Waals surface area contributed by atoms with Crippen molar-refractivity contribution in [1.82, 2.24) is 4.90 Å². The summed E-state index contributed by atoms with van der Waals surface area (Å²) in [6.45, 7) is 0.448. The van der Waals surface area contributed by atoms with Crippen molar-refractivity contribution < 1.29 is 19.4 Å². The monoisotopic (exact) mass is 355 g/mol. The largest absolute Gasteiger partial charge is 0.490 e. The summed E-state index contributed by atoms with van der Waals surface area (Å²) < 4.78 is 11.1. The topological polar surface area (TPSA) is 59.0 Å². The van der Waals surface area contributed by atoms with Gasteiger partial charge in [-0.15, -0.1) is 0 Å². The van der Waals surface area contributed by atoms with Crippen LogP contribution in [0.1, 0.15) is 0 Å². The second kappa shape index (κ2) is 7.94. The van der Waals surface area contributed by atoms with Crippen LogP contribution in [0.4, 0.5) is 4.79 Å². The molecule has 0 aliphatic carbocycles. The highest BCUT2D eigenvalue weighted by molar-refractivity contribution is 6.32. The first kappa shape index (κ1) is 17.2. The molecule has 0 radical (unpaired) electrons. The Hall–Kier alpha value is -2.11. The molecular formula is C16H15Cl2NO4. The molecule has 0 spiro atoms. The van der Waals surface area contributed by atoms with Gasteiger partial charge < -0.3 is 19.5 Å². The Morgan fingerprint density at radius 1 is 1.17 bits per heavy atom. The lowest BCUT2D eigenvalue weighted by molar-refractivity contribution is 0.147. The van der Waals surface area contributed by atoms with Gasteiger partial charge in [0.05, 0.1) is 11.6 Å². The summed E-state index contributed by atoms with van der Waals surface area (Å²) in [5, 5.41) is 9.71. The van der Waals surface area contributed by atoms with Crippen molar-refractivity contribution in [1.29, 1.82) is 0 Å². The highest BCUT2D eigenvalue weighted by atomic mass is 35.5. The molecule has 0 heterocycles. The first-order chi connectivity index (χ1) is 11.0. The van der Waals surface area contributed by atoms with E-state index >= 15 is 0 Å². The predicted molar refractivity (Wildman–Crippen MR) is 89.1 cm³/mol. The number of amides is 1. The molecule has 1 N–H and O–H groups in total. The molecule has 7 heteroatoms. The minimum absolute atomic E-state index is 0.205. The Labute approximate surface area is 143 Å². The summed E-state index contributed by atoms with van der Waals surface area (Å²) in [4.78, 5) is 11.8. The van der Waals surface area contributed by atoms with Crippen molar-refractivity contribution in [3.8, 4) is 17.2 Å². The van der Waals surface area contributed by atoms with Crippen LogP contribution in [0.5, 0.6) is 17.2 Å². The van der Waals surface area contributed by atoms with Crippen molar-refractivity contribution in [3.05, 3.63) is 52.5 Å². The lowest BCUT2D eigenvalue weighted by Crippen LogP contribution is -2.29. The van der Waals surface area contributed by atoms with E-state index in [0.717, 1.165) is 4.90 Å². The minimum atomic E-state index is -1.01. The average Bonchev–Trinajstić information content (AvgIpc) is 2.49. The van der Waals surface area contributed by atoms with E-state index in [2.05, 4.69) is 0 Å². The van der Waals surface area contributed by atoms with Crippen LogP contribution >= 0.6 is 23.2 Å². The maximum absolute atomic E-state index is 10.7. The minimum Gasteiger partial charge on any atom is -0.490 e. The normalized spacial score (nSPS) is 10.2. The van der Waals surface area contributed by atoms with Gasteiger partial charge in [-0.3, -0.25) is 0 Å². The van der Waals surface area contributed by atoms with Crippen LogP contribution < -0.4 is 9.47 Å². The van der Waals surface area contributed by atoms with Crippen molar-refractivity contribution in [2.24, 2.45) is 0 Å². The molecule has 0 aliphatic heterocycles. The number of rotatable bonds is 6. The number of nitrogens with zero attached hydrogens (tertiary/aromatic N) is 1. The molecule has 2 aromatic carbocycles. The first-order valence-electron chi connectivity index (χ1n) is 6.75. The zero-order chi connectivity index (χ0) is 16.8. The predicted octanol–water partition coefficient (Wildman–Crippen LogP) is 4.77. The molecule has 0 bridgehead atoms. The third kappa shape index (κ3) is 5.23.